The molecule has 0 amide bonds. The fraction of sp³-hybridized carbons (Fsp3) is 0.400. The summed E-state index contributed by atoms with van der Waals surface area (Å²) < 4.78 is 9.63. The molecule has 2 aromatic carbocycles. The van der Waals surface area contributed by atoms with Gasteiger partial charge in [0.25, 0.3) is 0 Å². The van der Waals surface area contributed by atoms with Crippen LogP contribution >= 0.6 is 0 Å². The van der Waals surface area contributed by atoms with Crippen LogP contribution < -0.4 is 4.74 Å². The highest BCUT2D eigenvalue weighted by molar-refractivity contribution is 5.89. The number of phenolic OH excluding ortho intramolecular Hbond substituents is 1. The SMILES string of the molecule is CC(Oc1cccc(-c2cc(O)cc(-n3ncc(C(=O)O)c3[C@H]3C[C@@H]3c3cn(C)nn3)c2)c1)C1CCCCC1. The number of hydrogen-bond donors (Lipinski definition) is 2. The van der Waals surface area contributed by atoms with Crippen molar-refractivity contribution in [2.45, 2.75) is 63.4 Å². The van der Waals surface area contributed by atoms with Crippen molar-refractivity contribution < 1.29 is 19.7 Å². The molecule has 9 heteroatoms. The third-order valence-corrected chi connectivity index (χ3v) is 8.13. The van der Waals surface area contributed by atoms with Crippen molar-refractivity contribution in [1.82, 2.24) is 24.8 Å². The molecule has 39 heavy (non-hydrogen) atoms. The molecule has 4 aromatic rings. The number of aromatic nitrogens is 5. The summed E-state index contributed by atoms with van der Waals surface area (Å²) in [5.74, 6) is 0.434. The predicted octanol–water partition coefficient (Wildman–Crippen LogP) is 5.69. The molecule has 0 bridgehead atoms. The summed E-state index contributed by atoms with van der Waals surface area (Å²) in [5.41, 5.74) is 3.88. The van der Waals surface area contributed by atoms with Gasteiger partial charge in [0.2, 0.25) is 0 Å². The third kappa shape index (κ3) is 5.13. The molecular formula is C30H33N5O4. The first-order valence-electron chi connectivity index (χ1n) is 13.7. The molecule has 202 valence electrons. The summed E-state index contributed by atoms with van der Waals surface area (Å²) in [5, 5.41) is 33.3. The van der Waals surface area contributed by atoms with Crippen LogP contribution in [0.2, 0.25) is 0 Å². The molecule has 2 N–H and O–H groups in total. The molecule has 2 aromatic heterocycles. The standard InChI is InChI=1S/C30H33N5O4/c1-18(19-7-4-3-5-8-19)39-24-10-6-9-20(13-24)21-11-22(14-23(36)12-21)35-29(27(16-31-35)30(37)38)26-15-25(26)28-17-34(2)33-32-28/h6,9-14,16-19,25-26,36H,3-5,7-8,15H2,1-2H3,(H,37,38)/t18?,25-,26-/m0/s1. The van der Waals surface area contributed by atoms with E-state index in [9.17, 15) is 15.0 Å². The van der Waals surface area contributed by atoms with Gasteiger partial charge in [-0.3, -0.25) is 4.68 Å². The van der Waals surface area contributed by atoms with Crippen molar-refractivity contribution in [3.63, 3.8) is 0 Å². The van der Waals surface area contributed by atoms with E-state index >= 15 is 0 Å². The van der Waals surface area contributed by atoms with Gasteiger partial charge in [0.1, 0.15) is 17.1 Å². The van der Waals surface area contributed by atoms with Crippen LogP contribution in [0.4, 0.5) is 0 Å². The maximum atomic E-state index is 12.1. The average molecular weight is 528 g/mol. The average Bonchev–Trinajstić information content (AvgIpc) is 3.37. The first kappa shape index (κ1) is 25.2. The highest BCUT2D eigenvalue weighted by Crippen LogP contribution is 2.55. The van der Waals surface area contributed by atoms with E-state index in [2.05, 4.69) is 22.3 Å². The molecule has 0 spiro atoms. The summed E-state index contributed by atoms with van der Waals surface area (Å²) in [7, 11) is 1.81. The van der Waals surface area contributed by atoms with Gasteiger partial charge in [-0.25, -0.2) is 9.48 Å². The fourth-order valence-electron chi connectivity index (χ4n) is 5.99. The lowest BCUT2D eigenvalue weighted by molar-refractivity contribution is 0.0695. The Bertz CT molecular complexity index is 1500. The monoisotopic (exact) mass is 527 g/mol. The number of carbonyl (C=O) groups is 1. The van der Waals surface area contributed by atoms with Gasteiger partial charge in [-0.15, -0.1) is 5.10 Å². The van der Waals surface area contributed by atoms with Gasteiger partial charge < -0.3 is 14.9 Å². The highest BCUT2D eigenvalue weighted by atomic mass is 16.5. The van der Waals surface area contributed by atoms with Crippen molar-refractivity contribution in [2.75, 3.05) is 0 Å². The minimum absolute atomic E-state index is 0.0564. The second kappa shape index (κ2) is 10.2. The summed E-state index contributed by atoms with van der Waals surface area (Å²) in [4.78, 5) is 12.1. The van der Waals surface area contributed by atoms with E-state index < -0.39 is 5.97 Å². The maximum Gasteiger partial charge on any atom is 0.339 e. The molecule has 9 nitrogen and oxygen atoms in total. The van der Waals surface area contributed by atoms with Crippen LogP contribution in [0.1, 0.15) is 79.0 Å². The lowest BCUT2D eigenvalue weighted by Gasteiger charge is -2.28. The van der Waals surface area contributed by atoms with Crippen molar-refractivity contribution in [3.8, 4) is 28.3 Å². The number of phenols is 1. The second-order valence-electron chi connectivity index (χ2n) is 10.9. The topological polar surface area (TPSA) is 115 Å². The number of ether oxygens (including phenoxy) is 1. The van der Waals surface area contributed by atoms with Crippen molar-refractivity contribution in [2.24, 2.45) is 13.0 Å². The van der Waals surface area contributed by atoms with Gasteiger partial charge in [-0.1, -0.05) is 36.6 Å². The Morgan fingerprint density at radius 1 is 1.08 bits per heavy atom. The molecule has 2 aliphatic rings. The Balaban J connectivity index is 1.31. The lowest BCUT2D eigenvalue weighted by Crippen LogP contribution is -2.25. The minimum Gasteiger partial charge on any atom is -0.508 e. The third-order valence-electron chi connectivity index (χ3n) is 8.13. The van der Waals surface area contributed by atoms with Crippen LogP contribution in [0, 0.1) is 5.92 Å². The van der Waals surface area contributed by atoms with E-state index in [0.717, 1.165) is 29.0 Å². The molecule has 2 heterocycles. The molecule has 6 rings (SSSR count). The predicted molar refractivity (Wildman–Crippen MR) is 145 cm³/mol. The van der Waals surface area contributed by atoms with E-state index in [1.165, 1.54) is 38.3 Å². The van der Waals surface area contributed by atoms with Gasteiger partial charge in [0.05, 0.1) is 29.4 Å². The summed E-state index contributed by atoms with van der Waals surface area (Å²) >= 11 is 0. The Kier molecular flexibility index (Phi) is 6.58. The normalized spacial score (nSPS) is 20.1. The molecule has 3 atom stereocenters. The number of hydrogen-bond acceptors (Lipinski definition) is 6. The number of rotatable bonds is 8. The number of benzene rings is 2. The summed E-state index contributed by atoms with van der Waals surface area (Å²) in [6.45, 7) is 2.15. The van der Waals surface area contributed by atoms with Gasteiger partial charge in [-0.2, -0.15) is 5.10 Å². The van der Waals surface area contributed by atoms with Crippen LogP contribution in [-0.2, 0) is 7.05 Å². The van der Waals surface area contributed by atoms with Crippen LogP contribution in [0.5, 0.6) is 11.5 Å². The van der Waals surface area contributed by atoms with Gasteiger partial charge in [0.15, 0.2) is 0 Å². The van der Waals surface area contributed by atoms with Crippen LogP contribution in [0.3, 0.4) is 0 Å². The number of carboxylic acid groups (broad SMARTS) is 1. The Morgan fingerprint density at radius 2 is 1.90 bits per heavy atom. The summed E-state index contributed by atoms with van der Waals surface area (Å²) in [6.07, 6.45) is 10.4. The van der Waals surface area contributed by atoms with Crippen molar-refractivity contribution in [1.29, 1.82) is 0 Å². The quantitative estimate of drug-likeness (QED) is 0.302. The first-order valence-corrected chi connectivity index (χ1v) is 13.7. The molecule has 2 saturated carbocycles. The highest BCUT2D eigenvalue weighted by Gasteiger charge is 2.46. The Labute approximate surface area is 227 Å². The van der Waals surface area contributed by atoms with Crippen LogP contribution in [-0.4, -0.2) is 47.1 Å². The largest absolute Gasteiger partial charge is 0.508 e. The van der Waals surface area contributed by atoms with Crippen LogP contribution in [0.25, 0.3) is 16.8 Å². The number of nitrogens with zero attached hydrogens (tertiary/aromatic N) is 5. The van der Waals surface area contributed by atoms with Crippen LogP contribution in [0.15, 0.2) is 54.9 Å². The molecule has 0 aliphatic heterocycles. The van der Waals surface area contributed by atoms with E-state index in [1.807, 2.05) is 43.6 Å². The van der Waals surface area contributed by atoms with Gasteiger partial charge in [0, 0.05) is 31.1 Å². The lowest BCUT2D eigenvalue weighted by atomic mass is 9.86. The van der Waals surface area contributed by atoms with Gasteiger partial charge >= 0.3 is 5.97 Å². The molecule has 0 radical (unpaired) electrons. The second-order valence-corrected chi connectivity index (χ2v) is 10.9. The molecule has 0 saturated heterocycles. The molecule has 2 aliphatic carbocycles. The number of aromatic carboxylic acids is 1. The molecule has 1 unspecified atom stereocenters. The summed E-state index contributed by atoms with van der Waals surface area (Å²) in [6, 6.07) is 13.1. The number of aryl methyl sites for hydroxylation is 1. The van der Waals surface area contributed by atoms with Crippen molar-refractivity contribution >= 4 is 5.97 Å². The zero-order valence-electron chi connectivity index (χ0n) is 22.2. The number of carboxylic acids is 1. The van der Waals surface area contributed by atoms with E-state index in [-0.39, 0.29) is 29.3 Å². The van der Waals surface area contributed by atoms with E-state index in [1.54, 1.807) is 21.5 Å². The van der Waals surface area contributed by atoms with E-state index in [0.29, 0.717) is 17.3 Å². The first-order chi connectivity index (χ1) is 18.9. The van der Waals surface area contributed by atoms with Crippen molar-refractivity contribution in [3.05, 3.63) is 71.8 Å². The molecule has 2 fully saturated rings. The maximum absolute atomic E-state index is 12.1. The fourth-order valence-corrected chi connectivity index (χ4v) is 5.99. The van der Waals surface area contributed by atoms with E-state index in [4.69, 9.17) is 4.74 Å². The molecular weight excluding hydrogens is 494 g/mol. The zero-order chi connectivity index (χ0) is 27.1. The Hall–Kier alpha value is -4.14. The number of aromatic hydroxyl groups is 1. The Morgan fingerprint density at radius 3 is 2.64 bits per heavy atom. The zero-order valence-corrected chi connectivity index (χ0v) is 22.2. The van der Waals surface area contributed by atoms with Gasteiger partial charge in [-0.05, 0) is 67.5 Å². The smallest absolute Gasteiger partial charge is 0.339 e. The minimum atomic E-state index is -1.03.